The summed E-state index contributed by atoms with van der Waals surface area (Å²) in [5, 5.41) is 5.52. The molecule has 2 N–H and O–H groups in total. The Morgan fingerprint density at radius 1 is 1.09 bits per heavy atom. The Bertz CT molecular complexity index is 441. The van der Waals surface area contributed by atoms with E-state index >= 15 is 0 Å². The van der Waals surface area contributed by atoms with Crippen LogP contribution in [0.25, 0.3) is 0 Å². The quantitative estimate of drug-likeness (QED) is 0.565. The van der Waals surface area contributed by atoms with E-state index in [-0.39, 0.29) is 11.4 Å². The molecule has 0 atom stereocenters. The highest BCUT2D eigenvalue weighted by molar-refractivity contribution is 6.17. The van der Waals surface area contributed by atoms with Crippen molar-refractivity contribution in [2.75, 3.05) is 25.6 Å². The van der Waals surface area contributed by atoms with Crippen molar-refractivity contribution in [3.05, 3.63) is 29.8 Å². The summed E-state index contributed by atoms with van der Waals surface area (Å²) in [5.74, 6) is 1.42. The van der Waals surface area contributed by atoms with E-state index in [1.165, 1.54) is 5.56 Å². The number of halogens is 1. The van der Waals surface area contributed by atoms with Gasteiger partial charge in [-0.1, -0.05) is 32.9 Å². The lowest BCUT2D eigenvalue weighted by molar-refractivity contribution is 0.239. The first-order valence-electron chi connectivity index (χ1n) is 7.74. The Hall–Kier alpha value is -1.42. The molecule has 22 heavy (non-hydrogen) atoms. The van der Waals surface area contributed by atoms with Crippen molar-refractivity contribution in [3.8, 4) is 5.75 Å². The van der Waals surface area contributed by atoms with Gasteiger partial charge < -0.3 is 15.4 Å². The molecule has 0 aliphatic carbocycles. The largest absolute Gasteiger partial charge is 0.494 e. The second-order valence-electron chi connectivity index (χ2n) is 6.20. The summed E-state index contributed by atoms with van der Waals surface area (Å²) in [6.45, 7) is 8.34. The van der Waals surface area contributed by atoms with Crippen LogP contribution in [-0.4, -0.2) is 31.6 Å². The minimum absolute atomic E-state index is 0.152. The Morgan fingerprint density at radius 2 is 1.68 bits per heavy atom. The fourth-order valence-corrected chi connectivity index (χ4v) is 1.98. The number of hydrogen-bond donors (Lipinski definition) is 2. The molecule has 2 amide bonds. The summed E-state index contributed by atoms with van der Waals surface area (Å²) in [4.78, 5) is 11.4. The normalized spacial score (nSPS) is 11.1. The molecule has 1 aromatic carbocycles. The number of hydrogen-bond acceptors (Lipinski definition) is 2. The molecule has 0 fully saturated rings. The second-order valence-corrected chi connectivity index (χ2v) is 6.58. The molecular formula is C17H27ClN2O2. The van der Waals surface area contributed by atoms with Crippen molar-refractivity contribution in [2.45, 2.75) is 39.0 Å². The molecule has 0 unspecified atom stereocenters. The predicted octanol–water partition coefficient (Wildman–Crippen LogP) is 3.68. The van der Waals surface area contributed by atoms with Crippen LogP contribution in [-0.2, 0) is 5.41 Å². The number of ether oxygens (including phenoxy) is 1. The van der Waals surface area contributed by atoms with Gasteiger partial charge in [0.05, 0.1) is 6.61 Å². The number of urea groups is 1. The van der Waals surface area contributed by atoms with Gasteiger partial charge in [0.15, 0.2) is 0 Å². The molecule has 4 nitrogen and oxygen atoms in total. The average molecular weight is 327 g/mol. The fourth-order valence-electron chi connectivity index (χ4n) is 1.85. The second kappa shape index (κ2) is 9.57. The zero-order valence-electron chi connectivity index (χ0n) is 13.7. The zero-order valence-corrected chi connectivity index (χ0v) is 14.5. The van der Waals surface area contributed by atoms with Crippen LogP contribution in [0.5, 0.6) is 5.75 Å². The molecule has 0 bridgehead atoms. The molecule has 0 aliphatic rings. The van der Waals surface area contributed by atoms with E-state index in [1.54, 1.807) is 0 Å². The van der Waals surface area contributed by atoms with Crippen molar-refractivity contribution in [1.82, 2.24) is 10.6 Å². The van der Waals surface area contributed by atoms with Gasteiger partial charge in [0.1, 0.15) is 5.75 Å². The molecular weight excluding hydrogens is 300 g/mol. The van der Waals surface area contributed by atoms with Gasteiger partial charge in [-0.3, -0.25) is 0 Å². The molecule has 0 saturated heterocycles. The van der Waals surface area contributed by atoms with Crippen LogP contribution in [0.2, 0.25) is 0 Å². The van der Waals surface area contributed by atoms with Crippen molar-refractivity contribution < 1.29 is 9.53 Å². The highest BCUT2D eigenvalue weighted by Gasteiger charge is 2.12. The maximum Gasteiger partial charge on any atom is 0.314 e. The molecule has 0 radical (unpaired) electrons. The van der Waals surface area contributed by atoms with E-state index in [4.69, 9.17) is 16.3 Å². The van der Waals surface area contributed by atoms with Crippen molar-refractivity contribution in [1.29, 1.82) is 0 Å². The van der Waals surface area contributed by atoms with Crippen LogP contribution >= 0.6 is 11.6 Å². The van der Waals surface area contributed by atoms with Crippen LogP contribution in [0.1, 0.15) is 39.2 Å². The average Bonchev–Trinajstić information content (AvgIpc) is 2.47. The molecule has 0 aliphatic heterocycles. The van der Waals surface area contributed by atoms with E-state index < -0.39 is 0 Å². The Kier molecular flexibility index (Phi) is 8.10. The molecule has 0 aromatic heterocycles. The van der Waals surface area contributed by atoms with Crippen LogP contribution in [0, 0.1) is 0 Å². The Morgan fingerprint density at radius 3 is 2.23 bits per heavy atom. The van der Waals surface area contributed by atoms with Gasteiger partial charge in [0.2, 0.25) is 0 Å². The van der Waals surface area contributed by atoms with Gasteiger partial charge in [-0.05, 0) is 36.0 Å². The van der Waals surface area contributed by atoms with E-state index in [0.717, 1.165) is 18.6 Å². The topological polar surface area (TPSA) is 50.4 Å². The van der Waals surface area contributed by atoms with Gasteiger partial charge in [0, 0.05) is 19.0 Å². The van der Waals surface area contributed by atoms with E-state index in [0.29, 0.717) is 25.6 Å². The van der Waals surface area contributed by atoms with Gasteiger partial charge in [-0.2, -0.15) is 0 Å². The lowest BCUT2D eigenvalue weighted by Gasteiger charge is -2.19. The number of carbonyl (C=O) groups is 1. The summed E-state index contributed by atoms with van der Waals surface area (Å²) >= 11 is 5.54. The van der Waals surface area contributed by atoms with Crippen LogP contribution < -0.4 is 15.4 Å². The minimum atomic E-state index is -0.153. The van der Waals surface area contributed by atoms with Crippen LogP contribution in [0.4, 0.5) is 4.79 Å². The molecule has 1 aromatic rings. The summed E-state index contributed by atoms with van der Waals surface area (Å²) < 4.78 is 5.66. The number of benzene rings is 1. The van der Waals surface area contributed by atoms with Gasteiger partial charge >= 0.3 is 6.03 Å². The highest BCUT2D eigenvalue weighted by atomic mass is 35.5. The minimum Gasteiger partial charge on any atom is -0.494 e. The Labute approximate surface area is 138 Å². The number of alkyl halides is 1. The van der Waals surface area contributed by atoms with Crippen LogP contribution in [0.15, 0.2) is 24.3 Å². The maximum atomic E-state index is 11.4. The third kappa shape index (κ3) is 7.55. The summed E-state index contributed by atoms with van der Waals surface area (Å²) in [6.07, 6.45) is 1.55. The van der Waals surface area contributed by atoms with Gasteiger partial charge in [-0.15, -0.1) is 11.6 Å². The summed E-state index contributed by atoms with van der Waals surface area (Å²) in [7, 11) is 0. The first-order chi connectivity index (χ1) is 10.4. The monoisotopic (exact) mass is 326 g/mol. The Balaban J connectivity index is 2.16. The van der Waals surface area contributed by atoms with Crippen molar-refractivity contribution in [3.63, 3.8) is 0 Å². The number of rotatable bonds is 8. The molecule has 0 saturated carbocycles. The van der Waals surface area contributed by atoms with E-state index in [2.05, 4.69) is 43.5 Å². The number of nitrogens with one attached hydrogen (secondary N) is 2. The molecule has 0 spiro atoms. The molecule has 1 rings (SSSR count). The standard InChI is InChI=1S/C17H27ClN2O2/c1-17(2,3)14-6-8-15(9-7-14)22-13-5-12-20-16(21)19-11-4-10-18/h6-9H,4-5,10-13H2,1-3H3,(H2,19,20,21). The van der Waals surface area contributed by atoms with Crippen molar-refractivity contribution in [2.24, 2.45) is 0 Å². The van der Waals surface area contributed by atoms with E-state index in [9.17, 15) is 4.79 Å². The summed E-state index contributed by atoms with van der Waals surface area (Å²) in [6, 6.07) is 8.02. The number of amides is 2. The first-order valence-corrected chi connectivity index (χ1v) is 8.28. The predicted molar refractivity (Wildman–Crippen MR) is 92.0 cm³/mol. The van der Waals surface area contributed by atoms with Crippen molar-refractivity contribution >= 4 is 17.6 Å². The molecule has 5 heteroatoms. The summed E-state index contributed by atoms with van der Waals surface area (Å²) in [5.41, 5.74) is 1.44. The molecule has 124 valence electrons. The van der Waals surface area contributed by atoms with E-state index in [1.807, 2.05) is 12.1 Å². The van der Waals surface area contributed by atoms with Gasteiger partial charge in [-0.25, -0.2) is 4.79 Å². The zero-order chi connectivity index (χ0) is 16.4. The lowest BCUT2D eigenvalue weighted by Crippen LogP contribution is -2.37. The first kappa shape index (κ1) is 18.6. The third-order valence-corrected chi connectivity index (χ3v) is 3.46. The lowest BCUT2D eigenvalue weighted by atomic mass is 9.87. The highest BCUT2D eigenvalue weighted by Crippen LogP contribution is 2.24. The van der Waals surface area contributed by atoms with Gasteiger partial charge in [0.25, 0.3) is 0 Å². The fraction of sp³-hybridized carbons (Fsp3) is 0.588. The van der Waals surface area contributed by atoms with Crippen LogP contribution in [0.3, 0.4) is 0 Å². The third-order valence-electron chi connectivity index (χ3n) is 3.19. The molecule has 0 heterocycles. The SMILES string of the molecule is CC(C)(C)c1ccc(OCCCNC(=O)NCCCCl)cc1. The maximum absolute atomic E-state index is 11.4. The smallest absolute Gasteiger partial charge is 0.314 e. The number of carbonyl (C=O) groups excluding carboxylic acids is 1.